The van der Waals surface area contributed by atoms with E-state index in [1.54, 1.807) is 11.3 Å². The Kier molecular flexibility index (Phi) is 6.60. The molecule has 0 saturated carbocycles. The molecule has 3 heterocycles. The Hall–Kier alpha value is -6.50. The molecule has 5 nitrogen and oxygen atoms in total. The van der Waals surface area contributed by atoms with Gasteiger partial charge < -0.3 is 4.42 Å². The van der Waals surface area contributed by atoms with Gasteiger partial charge >= 0.3 is 0 Å². The highest BCUT2D eigenvalue weighted by Crippen LogP contribution is 2.47. The van der Waals surface area contributed by atoms with E-state index in [1.165, 1.54) is 0 Å². The van der Waals surface area contributed by atoms with Crippen molar-refractivity contribution < 1.29 is 4.42 Å². The second-order valence-electron chi connectivity index (χ2n) is 12.2. The van der Waals surface area contributed by atoms with Crippen molar-refractivity contribution in [3.8, 4) is 55.9 Å². The highest BCUT2D eigenvalue weighted by Gasteiger charge is 2.23. The van der Waals surface area contributed by atoms with E-state index in [-0.39, 0.29) is 0 Å². The van der Waals surface area contributed by atoms with Gasteiger partial charge in [-0.05, 0) is 34.5 Å². The van der Waals surface area contributed by atoms with Crippen LogP contribution < -0.4 is 0 Å². The largest absolute Gasteiger partial charge is 0.456 e. The van der Waals surface area contributed by atoms with Gasteiger partial charge in [0.1, 0.15) is 16.2 Å². The summed E-state index contributed by atoms with van der Waals surface area (Å²) in [5, 5.41) is 5.27. The first-order chi connectivity index (χ1) is 24.8. The van der Waals surface area contributed by atoms with Gasteiger partial charge in [-0.1, -0.05) is 133 Å². The molecule has 50 heavy (non-hydrogen) atoms. The summed E-state index contributed by atoms with van der Waals surface area (Å²) in [6, 6.07) is 53.9. The Morgan fingerprint density at radius 2 is 1.00 bits per heavy atom. The van der Waals surface area contributed by atoms with Crippen LogP contribution in [0.3, 0.4) is 0 Å². The van der Waals surface area contributed by atoms with Gasteiger partial charge in [-0.25, -0.2) is 19.9 Å². The fourth-order valence-corrected chi connectivity index (χ4v) is 7.83. The smallest absolute Gasteiger partial charge is 0.164 e. The summed E-state index contributed by atoms with van der Waals surface area (Å²) >= 11 is 1.69. The standard InChI is InChI=1S/C44H26N4OS/c1-4-14-27(15-5-1)41-46-42(28-16-6-2-7-17-28)48-43(47-41)31-24-30-20-10-11-21-32(30)34(25-31)39-38-33-22-12-13-23-35(33)49-36(38)26-37-40(39)45-44(50-37)29-18-8-3-9-19-29/h1-26H. The van der Waals surface area contributed by atoms with E-state index in [2.05, 4.69) is 78.9 Å². The van der Waals surface area contributed by atoms with Crippen LogP contribution in [0.25, 0.3) is 98.8 Å². The molecular formula is C44H26N4OS. The summed E-state index contributed by atoms with van der Waals surface area (Å²) in [7, 11) is 0. The predicted molar refractivity (Wildman–Crippen MR) is 205 cm³/mol. The van der Waals surface area contributed by atoms with E-state index in [1.807, 2.05) is 78.9 Å². The van der Waals surface area contributed by atoms with Gasteiger partial charge in [0.25, 0.3) is 0 Å². The van der Waals surface area contributed by atoms with Crippen LogP contribution in [0.5, 0.6) is 0 Å². The lowest BCUT2D eigenvalue weighted by Crippen LogP contribution is -2.00. The maximum Gasteiger partial charge on any atom is 0.164 e. The van der Waals surface area contributed by atoms with Gasteiger partial charge in [0.05, 0.1) is 10.2 Å². The van der Waals surface area contributed by atoms with Gasteiger partial charge in [-0.3, -0.25) is 0 Å². The Morgan fingerprint density at radius 3 is 1.68 bits per heavy atom. The number of furan rings is 1. The van der Waals surface area contributed by atoms with Crippen molar-refractivity contribution in [3.05, 3.63) is 158 Å². The van der Waals surface area contributed by atoms with Crippen LogP contribution in [0.1, 0.15) is 0 Å². The third-order valence-corrected chi connectivity index (χ3v) is 10.2. The molecule has 0 amide bonds. The molecule has 0 aliphatic carbocycles. The van der Waals surface area contributed by atoms with E-state index in [0.29, 0.717) is 17.5 Å². The Balaban J connectivity index is 1.30. The van der Waals surface area contributed by atoms with Gasteiger partial charge in [0.2, 0.25) is 0 Å². The van der Waals surface area contributed by atoms with E-state index in [0.717, 1.165) is 81.3 Å². The molecule has 0 N–H and O–H groups in total. The molecule has 0 spiro atoms. The fourth-order valence-electron chi connectivity index (χ4n) is 6.82. The fraction of sp³-hybridized carbons (Fsp3) is 0. The van der Waals surface area contributed by atoms with Gasteiger partial charge in [0, 0.05) is 44.7 Å². The van der Waals surface area contributed by atoms with Gasteiger partial charge in [-0.2, -0.15) is 0 Å². The molecule has 10 rings (SSSR count). The third kappa shape index (κ3) is 4.77. The first-order valence-electron chi connectivity index (χ1n) is 16.5. The number of aromatic nitrogens is 4. The molecule has 10 aromatic rings. The summed E-state index contributed by atoms with van der Waals surface area (Å²) in [6.07, 6.45) is 0. The molecule has 0 radical (unpaired) electrons. The molecule has 7 aromatic carbocycles. The van der Waals surface area contributed by atoms with Crippen LogP contribution in [-0.2, 0) is 0 Å². The average molecular weight is 659 g/mol. The van der Waals surface area contributed by atoms with Crippen LogP contribution in [-0.4, -0.2) is 19.9 Å². The van der Waals surface area contributed by atoms with Crippen LogP contribution in [0.4, 0.5) is 0 Å². The number of fused-ring (bicyclic) bond motifs is 5. The quantitative estimate of drug-likeness (QED) is 0.184. The van der Waals surface area contributed by atoms with Crippen molar-refractivity contribution in [3.63, 3.8) is 0 Å². The van der Waals surface area contributed by atoms with E-state index < -0.39 is 0 Å². The minimum Gasteiger partial charge on any atom is -0.456 e. The Labute approximate surface area is 291 Å². The van der Waals surface area contributed by atoms with Gasteiger partial charge in [0.15, 0.2) is 17.5 Å². The highest BCUT2D eigenvalue weighted by atomic mass is 32.1. The maximum atomic E-state index is 6.54. The van der Waals surface area contributed by atoms with E-state index in [4.69, 9.17) is 24.4 Å². The number of rotatable bonds is 5. The number of nitrogens with zero attached hydrogens (tertiary/aromatic N) is 4. The van der Waals surface area contributed by atoms with E-state index in [9.17, 15) is 0 Å². The molecule has 0 fully saturated rings. The van der Waals surface area contributed by atoms with E-state index >= 15 is 0 Å². The van der Waals surface area contributed by atoms with Crippen LogP contribution in [0.15, 0.2) is 162 Å². The minimum absolute atomic E-state index is 0.605. The summed E-state index contributed by atoms with van der Waals surface area (Å²) < 4.78 is 7.61. The summed E-state index contributed by atoms with van der Waals surface area (Å²) in [5.74, 6) is 1.86. The summed E-state index contributed by atoms with van der Waals surface area (Å²) in [5.41, 5.74) is 8.57. The van der Waals surface area contributed by atoms with Crippen molar-refractivity contribution in [2.75, 3.05) is 0 Å². The molecule has 3 aromatic heterocycles. The second kappa shape index (κ2) is 11.6. The topological polar surface area (TPSA) is 64.7 Å². The SMILES string of the molecule is c1ccc(-c2nc(-c3ccccc3)nc(-c3cc(-c4c5nc(-c6ccccc6)sc5cc5oc6ccccc6c45)c4ccccc4c3)n2)cc1. The van der Waals surface area contributed by atoms with Crippen molar-refractivity contribution in [2.45, 2.75) is 0 Å². The molecule has 0 aliphatic rings. The molecular weight excluding hydrogens is 633 g/mol. The number of para-hydroxylation sites is 1. The normalized spacial score (nSPS) is 11.6. The number of hydrogen-bond donors (Lipinski definition) is 0. The molecule has 0 bridgehead atoms. The number of hydrogen-bond acceptors (Lipinski definition) is 6. The molecule has 0 atom stereocenters. The van der Waals surface area contributed by atoms with Crippen LogP contribution in [0.2, 0.25) is 0 Å². The molecule has 0 aliphatic heterocycles. The molecule has 6 heteroatoms. The molecule has 234 valence electrons. The van der Waals surface area contributed by atoms with Gasteiger partial charge in [-0.15, -0.1) is 11.3 Å². The van der Waals surface area contributed by atoms with Crippen molar-refractivity contribution >= 4 is 54.3 Å². The third-order valence-electron chi connectivity index (χ3n) is 9.13. The monoisotopic (exact) mass is 658 g/mol. The maximum absolute atomic E-state index is 6.54. The lowest BCUT2D eigenvalue weighted by atomic mass is 9.91. The lowest BCUT2D eigenvalue weighted by molar-refractivity contribution is 0.669. The first-order valence-corrected chi connectivity index (χ1v) is 17.3. The van der Waals surface area contributed by atoms with Crippen LogP contribution >= 0.6 is 11.3 Å². The predicted octanol–water partition coefficient (Wildman–Crippen LogP) is 11.9. The second-order valence-corrected chi connectivity index (χ2v) is 13.3. The van der Waals surface area contributed by atoms with Crippen molar-refractivity contribution in [1.29, 1.82) is 0 Å². The zero-order chi connectivity index (χ0) is 33.0. The zero-order valence-corrected chi connectivity index (χ0v) is 27.4. The minimum atomic E-state index is 0.605. The molecule has 0 unspecified atom stereocenters. The number of benzene rings is 7. The lowest BCUT2D eigenvalue weighted by Gasteiger charge is -2.14. The zero-order valence-electron chi connectivity index (χ0n) is 26.6. The molecule has 0 saturated heterocycles. The van der Waals surface area contributed by atoms with Crippen molar-refractivity contribution in [1.82, 2.24) is 19.9 Å². The first kappa shape index (κ1) is 28.5. The van der Waals surface area contributed by atoms with Crippen molar-refractivity contribution in [2.24, 2.45) is 0 Å². The number of thiazole rings is 1. The Morgan fingerprint density at radius 1 is 0.440 bits per heavy atom. The van der Waals surface area contributed by atoms with Crippen LogP contribution in [0, 0.1) is 0 Å². The summed E-state index contributed by atoms with van der Waals surface area (Å²) in [6.45, 7) is 0. The highest BCUT2D eigenvalue weighted by molar-refractivity contribution is 7.21. The average Bonchev–Trinajstić information content (AvgIpc) is 3.79. The Bertz CT molecular complexity index is 2810. The summed E-state index contributed by atoms with van der Waals surface area (Å²) in [4.78, 5) is 20.5.